The van der Waals surface area contributed by atoms with Gasteiger partial charge in [-0.1, -0.05) is 43.5 Å². The maximum absolute atomic E-state index is 11.2. The van der Waals surface area contributed by atoms with E-state index in [0.29, 0.717) is 18.8 Å². The zero-order valence-corrected chi connectivity index (χ0v) is 16.6. The van der Waals surface area contributed by atoms with E-state index >= 15 is 0 Å². The van der Waals surface area contributed by atoms with Crippen molar-refractivity contribution in [3.8, 4) is 0 Å². The van der Waals surface area contributed by atoms with Crippen LogP contribution in [0, 0.1) is 17.8 Å². The maximum Gasteiger partial charge on any atom is 0.335 e. The van der Waals surface area contributed by atoms with Crippen LogP contribution in [-0.4, -0.2) is 39.6 Å². The second-order valence-electron chi connectivity index (χ2n) is 8.72. The van der Waals surface area contributed by atoms with Crippen molar-refractivity contribution in [3.63, 3.8) is 0 Å². The molecule has 3 fully saturated rings. The lowest BCUT2D eigenvalue weighted by atomic mass is 9.84. The molecule has 5 nitrogen and oxygen atoms in total. The van der Waals surface area contributed by atoms with Crippen LogP contribution in [0.5, 0.6) is 0 Å². The number of benzene rings is 1. The fourth-order valence-corrected chi connectivity index (χ4v) is 5.17. The van der Waals surface area contributed by atoms with Gasteiger partial charge >= 0.3 is 5.97 Å². The number of ether oxygens (including phenoxy) is 1. The largest absolute Gasteiger partial charge is 0.494 e. The second kappa shape index (κ2) is 8.72. The molecule has 0 radical (unpaired) electrons. The third-order valence-corrected chi connectivity index (χ3v) is 6.75. The Balaban J connectivity index is 1.43. The van der Waals surface area contributed by atoms with Gasteiger partial charge in [0, 0.05) is 24.7 Å². The van der Waals surface area contributed by atoms with Crippen molar-refractivity contribution in [3.05, 3.63) is 53.3 Å². The quantitative estimate of drug-likeness (QED) is 0.653. The third kappa shape index (κ3) is 4.57. The first-order valence-corrected chi connectivity index (χ1v) is 10.8. The first kappa shape index (κ1) is 20.2. The van der Waals surface area contributed by atoms with Gasteiger partial charge in [0.25, 0.3) is 0 Å². The fourth-order valence-electron chi connectivity index (χ4n) is 5.17. The molecule has 5 heteroatoms. The van der Waals surface area contributed by atoms with E-state index in [1.54, 1.807) is 18.2 Å². The van der Waals surface area contributed by atoms with E-state index in [9.17, 15) is 15.0 Å². The van der Waals surface area contributed by atoms with Gasteiger partial charge in [-0.3, -0.25) is 0 Å². The van der Waals surface area contributed by atoms with Gasteiger partial charge in [-0.25, -0.2) is 4.79 Å². The van der Waals surface area contributed by atoms with Crippen molar-refractivity contribution in [2.75, 3.05) is 0 Å². The molecule has 2 aliphatic carbocycles. The summed E-state index contributed by atoms with van der Waals surface area (Å²) in [5.74, 6) is 0.398. The molecule has 1 aliphatic heterocycles. The summed E-state index contributed by atoms with van der Waals surface area (Å²) in [6.45, 7) is 0. The number of carbonyl (C=O) groups is 1. The van der Waals surface area contributed by atoms with Crippen LogP contribution in [0.25, 0.3) is 6.08 Å². The van der Waals surface area contributed by atoms with Crippen molar-refractivity contribution in [1.29, 1.82) is 0 Å². The Labute approximate surface area is 171 Å². The standard InChI is InChI=1S/C24H30O5/c25-21(16-6-2-1-3-7-16)10-9-19-20-13-18(29-23(20)14-22(19)26)12-15-5-4-8-17(11-15)24(27)28/h4-5,8-12,16,19-23,25-26H,1-3,6-7,13-14H2,(H,27,28)/b10-9+,18-12+/t19-,20-,21-,22-,23+/m1/s1. The van der Waals surface area contributed by atoms with Crippen LogP contribution in [0.4, 0.5) is 0 Å². The summed E-state index contributed by atoms with van der Waals surface area (Å²) in [5, 5.41) is 30.2. The Hall–Kier alpha value is -2.11. The van der Waals surface area contributed by atoms with E-state index in [-0.39, 0.29) is 23.5 Å². The molecule has 1 aromatic carbocycles. The average Bonchev–Trinajstić information content (AvgIpc) is 3.23. The summed E-state index contributed by atoms with van der Waals surface area (Å²) in [4.78, 5) is 11.2. The van der Waals surface area contributed by atoms with Gasteiger partial charge in [0.15, 0.2) is 0 Å². The van der Waals surface area contributed by atoms with Gasteiger partial charge in [-0.15, -0.1) is 0 Å². The first-order valence-electron chi connectivity index (χ1n) is 10.8. The number of aliphatic hydroxyl groups excluding tert-OH is 2. The zero-order valence-electron chi connectivity index (χ0n) is 16.6. The number of hydrogen-bond acceptors (Lipinski definition) is 4. The number of carboxylic acid groups (broad SMARTS) is 1. The van der Waals surface area contributed by atoms with E-state index in [4.69, 9.17) is 9.84 Å². The minimum Gasteiger partial charge on any atom is -0.494 e. The van der Waals surface area contributed by atoms with Crippen molar-refractivity contribution in [2.24, 2.45) is 17.8 Å². The second-order valence-corrected chi connectivity index (χ2v) is 8.72. The molecule has 4 rings (SSSR count). The highest BCUT2D eigenvalue weighted by atomic mass is 16.5. The highest BCUT2D eigenvalue weighted by Gasteiger charge is 2.47. The smallest absolute Gasteiger partial charge is 0.335 e. The molecule has 0 spiro atoms. The molecule has 3 aliphatic rings. The summed E-state index contributed by atoms with van der Waals surface area (Å²) in [6.07, 6.45) is 12.0. The number of rotatable bonds is 5. The monoisotopic (exact) mass is 398 g/mol. The van der Waals surface area contributed by atoms with Gasteiger partial charge in [0.2, 0.25) is 0 Å². The molecule has 1 saturated heterocycles. The van der Waals surface area contributed by atoms with Crippen molar-refractivity contribution in [2.45, 2.75) is 63.3 Å². The summed E-state index contributed by atoms with van der Waals surface area (Å²) < 4.78 is 6.07. The lowest BCUT2D eigenvalue weighted by molar-refractivity contribution is 0.0696. The van der Waals surface area contributed by atoms with Crippen LogP contribution in [-0.2, 0) is 4.74 Å². The van der Waals surface area contributed by atoms with Crippen LogP contribution in [0.3, 0.4) is 0 Å². The van der Waals surface area contributed by atoms with Gasteiger partial charge in [-0.05, 0) is 42.5 Å². The Kier molecular flexibility index (Phi) is 6.07. The van der Waals surface area contributed by atoms with Crippen molar-refractivity contribution >= 4 is 12.0 Å². The van der Waals surface area contributed by atoms with Crippen LogP contribution < -0.4 is 0 Å². The minimum atomic E-state index is -0.945. The molecule has 3 N–H and O–H groups in total. The predicted octanol–water partition coefficient (Wildman–Crippen LogP) is 4.01. The molecule has 5 atom stereocenters. The van der Waals surface area contributed by atoms with E-state index in [2.05, 4.69) is 0 Å². The van der Waals surface area contributed by atoms with Crippen molar-refractivity contribution < 1.29 is 24.9 Å². The lowest BCUT2D eigenvalue weighted by Gasteiger charge is -2.25. The SMILES string of the molecule is O=C(O)c1cccc(/C=C2\C[C@@H]3[C@@H](/C=C/[C@@H](O)C4CCCCC4)[C@H](O)C[C@@H]3O2)c1. The fraction of sp³-hybridized carbons (Fsp3) is 0.542. The molecule has 0 unspecified atom stereocenters. The number of aliphatic hydroxyl groups is 2. The summed E-state index contributed by atoms with van der Waals surface area (Å²) >= 11 is 0. The summed E-state index contributed by atoms with van der Waals surface area (Å²) in [6, 6.07) is 6.81. The number of carboxylic acids is 1. The maximum atomic E-state index is 11.2. The van der Waals surface area contributed by atoms with E-state index in [1.165, 1.54) is 19.3 Å². The topological polar surface area (TPSA) is 87.0 Å². The molecule has 2 saturated carbocycles. The van der Waals surface area contributed by atoms with Crippen LogP contribution in [0.1, 0.15) is 60.9 Å². The van der Waals surface area contributed by atoms with E-state index < -0.39 is 18.2 Å². The van der Waals surface area contributed by atoms with Gasteiger partial charge in [-0.2, -0.15) is 0 Å². The Morgan fingerprint density at radius 3 is 2.76 bits per heavy atom. The van der Waals surface area contributed by atoms with Gasteiger partial charge < -0.3 is 20.1 Å². The summed E-state index contributed by atoms with van der Waals surface area (Å²) in [7, 11) is 0. The summed E-state index contributed by atoms with van der Waals surface area (Å²) in [5.41, 5.74) is 1.06. The molecule has 0 bridgehead atoms. The molecular formula is C24H30O5. The van der Waals surface area contributed by atoms with Crippen LogP contribution in [0.15, 0.2) is 42.2 Å². The first-order chi connectivity index (χ1) is 14.0. The molecule has 0 amide bonds. The molecular weight excluding hydrogens is 368 g/mol. The number of fused-ring (bicyclic) bond motifs is 1. The van der Waals surface area contributed by atoms with Crippen molar-refractivity contribution in [1.82, 2.24) is 0 Å². The Morgan fingerprint density at radius 2 is 2.00 bits per heavy atom. The predicted molar refractivity (Wildman–Crippen MR) is 110 cm³/mol. The van der Waals surface area contributed by atoms with Gasteiger partial charge in [0.1, 0.15) is 6.10 Å². The molecule has 29 heavy (non-hydrogen) atoms. The Morgan fingerprint density at radius 1 is 1.21 bits per heavy atom. The van der Waals surface area contributed by atoms with E-state index in [1.807, 2.05) is 24.3 Å². The number of hydrogen-bond donors (Lipinski definition) is 3. The molecule has 1 aromatic rings. The Bertz CT molecular complexity index is 792. The van der Waals surface area contributed by atoms with Gasteiger partial charge in [0.05, 0.1) is 23.5 Å². The highest BCUT2D eigenvalue weighted by molar-refractivity contribution is 5.88. The number of allylic oxidation sites excluding steroid dienone is 1. The van der Waals surface area contributed by atoms with Crippen LogP contribution >= 0.6 is 0 Å². The normalized spacial score (nSPS) is 32.4. The number of aromatic carboxylic acids is 1. The third-order valence-electron chi connectivity index (χ3n) is 6.75. The van der Waals surface area contributed by atoms with Crippen LogP contribution in [0.2, 0.25) is 0 Å². The minimum absolute atomic E-state index is 0.0190. The molecule has 1 heterocycles. The molecule has 156 valence electrons. The lowest BCUT2D eigenvalue weighted by Crippen LogP contribution is -2.22. The average molecular weight is 398 g/mol. The highest BCUT2D eigenvalue weighted by Crippen LogP contribution is 2.46. The molecule has 0 aromatic heterocycles. The van der Waals surface area contributed by atoms with E-state index in [0.717, 1.165) is 24.2 Å². The zero-order chi connectivity index (χ0) is 20.4.